The van der Waals surface area contributed by atoms with E-state index in [1.54, 1.807) is 7.11 Å². The summed E-state index contributed by atoms with van der Waals surface area (Å²) in [5.41, 5.74) is 2.05. The van der Waals surface area contributed by atoms with E-state index in [1.807, 2.05) is 30.0 Å². The first-order chi connectivity index (χ1) is 9.13. The summed E-state index contributed by atoms with van der Waals surface area (Å²) in [6, 6.07) is 5.87. The molecule has 1 aromatic rings. The number of methoxy groups -OCH3 is 1. The highest BCUT2D eigenvalue weighted by atomic mass is 16.5. The van der Waals surface area contributed by atoms with Crippen LogP contribution < -0.4 is 4.74 Å². The number of rotatable bonds is 4. The van der Waals surface area contributed by atoms with Crippen molar-refractivity contribution in [1.29, 1.82) is 0 Å². The molecule has 0 saturated carbocycles. The van der Waals surface area contributed by atoms with Crippen molar-refractivity contribution in [2.75, 3.05) is 26.8 Å². The fourth-order valence-electron chi connectivity index (χ4n) is 2.53. The van der Waals surface area contributed by atoms with Crippen LogP contribution in [0, 0.1) is 12.8 Å². The van der Waals surface area contributed by atoms with E-state index >= 15 is 0 Å². The Labute approximate surface area is 114 Å². The standard InChI is InChI=1S/C15H21NO3/c1-11-3-4-14(19-2)13(7-11)8-15(18)16-6-5-12(9-16)10-17/h3-4,7,12,17H,5-6,8-10H2,1-2H3. The van der Waals surface area contributed by atoms with Crippen molar-refractivity contribution in [3.8, 4) is 5.75 Å². The molecule has 1 aliphatic rings. The second kappa shape index (κ2) is 6.06. The van der Waals surface area contributed by atoms with Crippen molar-refractivity contribution in [2.24, 2.45) is 5.92 Å². The van der Waals surface area contributed by atoms with Gasteiger partial charge in [0.1, 0.15) is 5.75 Å². The first-order valence-corrected chi connectivity index (χ1v) is 6.66. The van der Waals surface area contributed by atoms with Crippen molar-refractivity contribution in [1.82, 2.24) is 4.90 Å². The molecule has 0 spiro atoms. The number of hydrogen-bond acceptors (Lipinski definition) is 3. The molecular weight excluding hydrogens is 242 g/mol. The Hall–Kier alpha value is -1.55. The number of benzene rings is 1. The van der Waals surface area contributed by atoms with Crippen LogP contribution in [0.1, 0.15) is 17.5 Å². The highest BCUT2D eigenvalue weighted by Gasteiger charge is 2.26. The lowest BCUT2D eigenvalue weighted by Gasteiger charge is -2.17. The maximum absolute atomic E-state index is 12.2. The zero-order chi connectivity index (χ0) is 13.8. The van der Waals surface area contributed by atoms with Crippen LogP contribution in [0.5, 0.6) is 5.75 Å². The number of ether oxygens (including phenoxy) is 1. The van der Waals surface area contributed by atoms with Gasteiger partial charge in [-0.15, -0.1) is 0 Å². The summed E-state index contributed by atoms with van der Waals surface area (Å²) in [4.78, 5) is 14.1. The molecule has 1 aromatic carbocycles. The fourth-order valence-corrected chi connectivity index (χ4v) is 2.53. The number of aryl methyl sites for hydroxylation is 1. The lowest BCUT2D eigenvalue weighted by Crippen LogP contribution is -2.30. The van der Waals surface area contributed by atoms with E-state index in [9.17, 15) is 4.79 Å². The molecule has 1 unspecified atom stereocenters. The van der Waals surface area contributed by atoms with Crippen LogP contribution in [-0.2, 0) is 11.2 Å². The quantitative estimate of drug-likeness (QED) is 0.893. The minimum Gasteiger partial charge on any atom is -0.496 e. The van der Waals surface area contributed by atoms with Gasteiger partial charge in [0, 0.05) is 31.2 Å². The molecule has 0 radical (unpaired) electrons. The minimum atomic E-state index is 0.111. The van der Waals surface area contributed by atoms with Crippen LogP contribution in [0.15, 0.2) is 18.2 Å². The van der Waals surface area contributed by atoms with Gasteiger partial charge in [-0.3, -0.25) is 4.79 Å². The van der Waals surface area contributed by atoms with Gasteiger partial charge in [0.2, 0.25) is 5.91 Å². The van der Waals surface area contributed by atoms with E-state index in [0.717, 1.165) is 29.8 Å². The first kappa shape index (κ1) is 13.9. The molecule has 1 fully saturated rings. The van der Waals surface area contributed by atoms with E-state index < -0.39 is 0 Å². The highest BCUT2D eigenvalue weighted by molar-refractivity contribution is 5.79. The number of carbonyl (C=O) groups excluding carboxylic acids is 1. The molecule has 19 heavy (non-hydrogen) atoms. The monoisotopic (exact) mass is 263 g/mol. The molecule has 1 saturated heterocycles. The number of nitrogens with zero attached hydrogens (tertiary/aromatic N) is 1. The molecule has 104 valence electrons. The van der Waals surface area contributed by atoms with E-state index in [2.05, 4.69) is 0 Å². The molecule has 1 atom stereocenters. The Balaban J connectivity index is 2.05. The van der Waals surface area contributed by atoms with Crippen molar-refractivity contribution in [3.63, 3.8) is 0 Å². The third-order valence-electron chi connectivity index (χ3n) is 3.67. The number of aliphatic hydroxyl groups excluding tert-OH is 1. The third-order valence-corrected chi connectivity index (χ3v) is 3.67. The van der Waals surface area contributed by atoms with E-state index in [-0.39, 0.29) is 18.4 Å². The van der Waals surface area contributed by atoms with Crippen LogP contribution in [0.4, 0.5) is 0 Å². The maximum Gasteiger partial charge on any atom is 0.227 e. The van der Waals surface area contributed by atoms with E-state index in [0.29, 0.717) is 13.0 Å². The average Bonchev–Trinajstić information content (AvgIpc) is 2.88. The minimum absolute atomic E-state index is 0.111. The van der Waals surface area contributed by atoms with Gasteiger partial charge in [0.15, 0.2) is 0 Å². The lowest BCUT2D eigenvalue weighted by atomic mass is 10.1. The summed E-state index contributed by atoms with van der Waals surface area (Å²) < 4.78 is 5.30. The van der Waals surface area contributed by atoms with Crippen LogP contribution in [-0.4, -0.2) is 42.7 Å². The zero-order valence-corrected chi connectivity index (χ0v) is 11.6. The van der Waals surface area contributed by atoms with Crippen molar-refractivity contribution < 1.29 is 14.6 Å². The number of aliphatic hydroxyl groups is 1. The van der Waals surface area contributed by atoms with Gasteiger partial charge >= 0.3 is 0 Å². The first-order valence-electron chi connectivity index (χ1n) is 6.66. The molecular formula is C15H21NO3. The Morgan fingerprint density at radius 3 is 2.95 bits per heavy atom. The maximum atomic E-state index is 12.2. The Morgan fingerprint density at radius 2 is 2.32 bits per heavy atom. The summed E-state index contributed by atoms with van der Waals surface area (Å²) in [5, 5.41) is 9.12. The molecule has 2 rings (SSSR count). The summed E-state index contributed by atoms with van der Waals surface area (Å²) in [5.74, 6) is 1.11. The third kappa shape index (κ3) is 3.26. The number of carbonyl (C=O) groups is 1. The summed E-state index contributed by atoms with van der Waals surface area (Å²) >= 11 is 0. The molecule has 1 N–H and O–H groups in total. The van der Waals surface area contributed by atoms with Gasteiger partial charge in [0.05, 0.1) is 13.5 Å². The largest absolute Gasteiger partial charge is 0.496 e. The summed E-state index contributed by atoms with van der Waals surface area (Å²) in [6.45, 7) is 3.59. The van der Waals surface area contributed by atoms with Gasteiger partial charge in [-0.05, 0) is 19.4 Å². The number of likely N-dealkylation sites (tertiary alicyclic amines) is 1. The molecule has 1 aliphatic heterocycles. The van der Waals surface area contributed by atoms with Gasteiger partial charge < -0.3 is 14.7 Å². The van der Waals surface area contributed by atoms with Gasteiger partial charge in [0.25, 0.3) is 0 Å². The van der Waals surface area contributed by atoms with Crippen molar-refractivity contribution in [3.05, 3.63) is 29.3 Å². The van der Waals surface area contributed by atoms with Crippen molar-refractivity contribution in [2.45, 2.75) is 19.8 Å². The summed E-state index contributed by atoms with van der Waals surface area (Å²) in [6.07, 6.45) is 1.26. The van der Waals surface area contributed by atoms with Crippen LogP contribution in [0.3, 0.4) is 0 Å². The molecule has 4 nitrogen and oxygen atoms in total. The van der Waals surface area contributed by atoms with E-state index in [4.69, 9.17) is 9.84 Å². The zero-order valence-electron chi connectivity index (χ0n) is 11.6. The molecule has 1 heterocycles. The Morgan fingerprint density at radius 1 is 1.53 bits per heavy atom. The number of hydrogen-bond donors (Lipinski definition) is 1. The molecule has 0 bridgehead atoms. The smallest absolute Gasteiger partial charge is 0.227 e. The Bertz CT molecular complexity index is 459. The summed E-state index contributed by atoms with van der Waals surface area (Å²) in [7, 11) is 1.62. The SMILES string of the molecule is COc1ccc(C)cc1CC(=O)N1CCC(CO)C1. The number of amides is 1. The van der Waals surface area contributed by atoms with Crippen molar-refractivity contribution >= 4 is 5.91 Å². The van der Waals surface area contributed by atoms with Gasteiger partial charge in [-0.2, -0.15) is 0 Å². The topological polar surface area (TPSA) is 49.8 Å². The molecule has 0 aromatic heterocycles. The normalized spacial score (nSPS) is 18.7. The molecule has 1 amide bonds. The second-order valence-electron chi connectivity index (χ2n) is 5.17. The van der Waals surface area contributed by atoms with Gasteiger partial charge in [-0.25, -0.2) is 0 Å². The lowest BCUT2D eigenvalue weighted by molar-refractivity contribution is -0.129. The second-order valence-corrected chi connectivity index (χ2v) is 5.17. The molecule has 4 heteroatoms. The van der Waals surface area contributed by atoms with Gasteiger partial charge in [-0.1, -0.05) is 17.7 Å². The highest BCUT2D eigenvalue weighted by Crippen LogP contribution is 2.22. The predicted octanol–water partition coefficient (Wildman–Crippen LogP) is 1.39. The predicted molar refractivity (Wildman–Crippen MR) is 73.2 cm³/mol. The molecule has 0 aliphatic carbocycles. The van der Waals surface area contributed by atoms with E-state index in [1.165, 1.54) is 0 Å². The fraction of sp³-hybridized carbons (Fsp3) is 0.533. The van der Waals surface area contributed by atoms with Crippen LogP contribution in [0.25, 0.3) is 0 Å². The van der Waals surface area contributed by atoms with Crippen LogP contribution >= 0.6 is 0 Å². The average molecular weight is 263 g/mol. The van der Waals surface area contributed by atoms with Crippen LogP contribution in [0.2, 0.25) is 0 Å². The Kier molecular flexibility index (Phi) is 4.43.